The first-order chi connectivity index (χ1) is 15.3. The van der Waals surface area contributed by atoms with Crippen LogP contribution in [-0.4, -0.2) is 52.0 Å². The molecule has 0 aliphatic heterocycles. The lowest BCUT2D eigenvalue weighted by Crippen LogP contribution is -2.56. The van der Waals surface area contributed by atoms with Crippen molar-refractivity contribution < 1.29 is 19.8 Å². The van der Waals surface area contributed by atoms with Crippen LogP contribution in [0.5, 0.6) is 0 Å². The molecular formula is C24H34N4O4. The summed E-state index contributed by atoms with van der Waals surface area (Å²) in [5.41, 5.74) is 11.0. The van der Waals surface area contributed by atoms with Crippen molar-refractivity contribution in [1.29, 1.82) is 0 Å². The molecule has 32 heavy (non-hydrogen) atoms. The first-order valence-corrected chi connectivity index (χ1v) is 10.9. The van der Waals surface area contributed by atoms with Gasteiger partial charge in [-0.05, 0) is 23.5 Å². The molecule has 8 heteroatoms. The summed E-state index contributed by atoms with van der Waals surface area (Å²) >= 11 is 0. The molecule has 4 atom stereocenters. The SMILES string of the molecule is CC[C@H](C)[C@H](NC(=O)O)C(=O)NN(Cc1ccccc1)C[C@H](O)[C@@H](N)Cc1ccccc1. The number of carboxylic acid groups (broad SMARTS) is 1. The molecule has 0 aliphatic rings. The van der Waals surface area contributed by atoms with E-state index in [-0.39, 0.29) is 12.5 Å². The summed E-state index contributed by atoms with van der Waals surface area (Å²) in [6, 6.07) is 17.7. The maximum atomic E-state index is 12.9. The fourth-order valence-corrected chi connectivity index (χ4v) is 3.40. The van der Waals surface area contributed by atoms with E-state index in [2.05, 4.69) is 10.7 Å². The lowest BCUT2D eigenvalue weighted by molar-refractivity contribution is -0.130. The number of carbonyl (C=O) groups excluding carboxylic acids is 1. The van der Waals surface area contributed by atoms with Gasteiger partial charge in [0.1, 0.15) is 6.04 Å². The van der Waals surface area contributed by atoms with Crippen LogP contribution in [0.2, 0.25) is 0 Å². The number of amides is 2. The molecule has 0 aliphatic carbocycles. The fourth-order valence-electron chi connectivity index (χ4n) is 3.40. The summed E-state index contributed by atoms with van der Waals surface area (Å²) < 4.78 is 0. The van der Waals surface area contributed by atoms with Crippen LogP contribution < -0.4 is 16.5 Å². The van der Waals surface area contributed by atoms with Crippen LogP contribution in [0, 0.1) is 5.92 Å². The van der Waals surface area contributed by atoms with Gasteiger partial charge >= 0.3 is 6.09 Å². The minimum Gasteiger partial charge on any atom is -0.465 e. The fraction of sp³-hybridized carbons (Fsp3) is 0.417. The number of carbonyl (C=O) groups is 2. The molecule has 174 valence electrons. The van der Waals surface area contributed by atoms with Crippen molar-refractivity contribution in [2.75, 3.05) is 6.54 Å². The van der Waals surface area contributed by atoms with Gasteiger partial charge in [0.25, 0.3) is 5.91 Å². The quantitative estimate of drug-likeness (QED) is 0.321. The monoisotopic (exact) mass is 442 g/mol. The second kappa shape index (κ2) is 12.8. The van der Waals surface area contributed by atoms with Gasteiger partial charge in [-0.15, -0.1) is 0 Å². The molecule has 6 N–H and O–H groups in total. The molecule has 0 saturated carbocycles. The van der Waals surface area contributed by atoms with Gasteiger partial charge in [-0.3, -0.25) is 10.2 Å². The smallest absolute Gasteiger partial charge is 0.405 e. The number of nitrogens with two attached hydrogens (primary N) is 1. The Hall–Kier alpha value is -2.94. The Labute approximate surface area is 189 Å². The van der Waals surface area contributed by atoms with Crippen molar-refractivity contribution in [3.05, 3.63) is 71.8 Å². The standard InChI is InChI=1S/C24H34N4O4/c1-3-17(2)22(26-24(31)32)23(30)27-28(15-19-12-8-5-9-13-19)16-21(29)20(25)14-18-10-6-4-7-11-18/h4-13,17,20-22,26,29H,3,14-16,25H2,1-2H3,(H,27,30)(H,31,32)/t17-,20-,21-,22-/m0/s1. The van der Waals surface area contributed by atoms with Gasteiger partial charge in [-0.1, -0.05) is 80.9 Å². The molecule has 2 amide bonds. The molecular weight excluding hydrogens is 408 g/mol. The number of aliphatic hydroxyl groups excluding tert-OH is 1. The normalized spacial score (nSPS) is 14.9. The maximum Gasteiger partial charge on any atom is 0.405 e. The molecule has 0 radical (unpaired) electrons. The van der Waals surface area contributed by atoms with Crippen molar-refractivity contribution in [3.63, 3.8) is 0 Å². The summed E-state index contributed by atoms with van der Waals surface area (Å²) in [5.74, 6) is -0.670. The van der Waals surface area contributed by atoms with Gasteiger partial charge in [0.15, 0.2) is 0 Å². The summed E-state index contributed by atoms with van der Waals surface area (Å²) in [6.07, 6.45) is -1.05. The number of benzene rings is 2. The molecule has 0 fully saturated rings. The predicted molar refractivity (Wildman–Crippen MR) is 124 cm³/mol. The third kappa shape index (κ3) is 8.30. The van der Waals surface area contributed by atoms with Gasteiger partial charge in [-0.25, -0.2) is 9.80 Å². The van der Waals surface area contributed by atoms with E-state index in [1.807, 2.05) is 74.5 Å². The Morgan fingerprint density at radius 2 is 1.59 bits per heavy atom. The van der Waals surface area contributed by atoms with E-state index < -0.39 is 30.2 Å². The highest BCUT2D eigenvalue weighted by Crippen LogP contribution is 2.11. The Kier molecular flexibility index (Phi) is 10.1. The maximum absolute atomic E-state index is 12.9. The van der Waals surface area contributed by atoms with Crippen molar-refractivity contribution in [2.24, 2.45) is 11.7 Å². The zero-order valence-electron chi connectivity index (χ0n) is 18.6. The average molecular weight is 443 g/mol. The topological polar surface area (TPSA) is 128 Å². The highest BCUT2D eigenvalue weighted by molar-refractivity contribution is 5.85. The molecule has 0 aromatic heterocycles. The van der Waals surface area contributed by atoms with Gasteiger partial charge in [0.2, 0.25) is 0 Å². The summed E-state index contributed by atoms with van der Waals surface area (Å²) in [7, 11) is 0. The Balaban J connectivity index is 2.12. The number of hydrogen-bond donors (Lipinski definition) is 5. The van der Waals surface area contributed by atoms with Crippen molar-refractivity contribution in [2.45, 2.75) is 51.4 Å². The zero-order chi connectivity index (χ0) is 23.5. The number of aliphatic hydroxyl groups is 1. The van der Waals surface area contributed by atoms with Gasteiger partial charge in [0.05, 0.1) is 6.10 Å². The van der Waals surface area contributed by atoms with Crippen LogP contribution >= 0.6 is 0 Å². The lowest BCUT2D eigenvalue weighted by Gasteiger charge is -2.31. The minimum atomic E-state index is -1.26. The van der Waals surface area contributed by atoms with Crippen LogP contribution in [0.15, 0.2) is 60.7 Å². The van der Waals surface area contributed by atoms with Crippen molar-refractivity contribution in [3.8, 4) is 0 Å². The second-order valence-corrected chi connectivity index (χ2v) is 8.08. The molecule has 0 spiro atoms. The van der Waals surface area contributed by atoms with E-state index in [1.54, 1.807) is 5.01 Å². The highest BCUT2D eigenvalue weighted by atomic mass is 16.4. The Morgan fingerprint density at radius 3 is 2.12 bits per heavy atom. The van der Waals surface area contributed by atoms with Crippen LogP contribution in [0.4, 0.5) is 4.79 Å². The highest BCUT2D eigenvalue weighted by Gasteiger charge is 2.28. The van der Waals surface area contributed by atoms with Crippen LogP contribution in [0.1, 0.15) is 31.4 Å². The minimum absolute atomic E-state index is 0.0922. The molecule has 8 nitrogen and oxygen atoms in total. The Morgan fingerprint density at radius 1 is 1.03 bits per heavy atom. The number of rotatable bonds is 12. The number of hydrogen-bond acceptors (Lipinski definition) is 5. The number of nitrogens with one attached hydrogen (secondary N) is 2. The largest absolute Gasteiger partial charge is 0.465 e. The van der Waals surface area contributed by atoms with Gasteiger partial charge < -0.3 is 21.3 Å². The third-order valence-electron chi connectivity index (χ3n) is 5.47. The van der Waals surface area contributed by atoms with Gasteiger partial charge in [-0.2, -0.15) is 0 Å². The average Bonchev–Trinajstić information content (AvgIpc) is 2.78. The Bertz CT molecular complexity index is 834. The van der Waals surface area contributed by atoms with E-state index in [1.165, 1.54) is 0 Å². The predicted octanol–water partition coefficient (Wildman–Crippen LogP) is 2.13. The summed E-state index contributed by atoms with van der Waals surface area (Å²) in [6.45, 7) is 4.13. The van der Waals surface area contributed by atoms with Crippen LogP contribution in [-0.2, 0) is 17.8 Å². The molecule has 0 saturated heterocycles. The number of hydrazine groups is 1. The molecule has 2 aromatic rings. The molecule has 2 rings (SSSR count). The summed E-state index contributed by atoms with van der Waals surface area (Å²) in [4.78, 5) is 24.1. The molecule has 0 bridgehead atoms. The zero-order valence-corrected chi connectivity index (χ0v) is 18.6. The lowest BCUT2D eigenvalue weighted by atomic mass is 9.99. The first-order valence-electron chi connectivity index (χ1n) is 10.9. The van der Waals surface area contributed by atoms with Crippen molar-refractivity contribution in [1.82, 2.24) is 15.8 Å². The van der Waals surface area contributed by atoms with E-state index >= 15 is 0 Å². The third-order valence-corrected chi connectivity index (χ3v) is 5.47. The van der Waals surface area contributed by atoms with E-state index in [0.717, 1.165) is 11.1 Å². The molecule has 2 aromatic carbocycles. The van der Waals surface area contributed by atoms with Crippen LogP contribution in [0.3, 0.4) is 0 Å². The van der Waals surface area contributed by atoms with Gasteiger partial charge in [0, 0.05) is 19.1 Å². The summed E-state index contributed by atoms with van der Waals surface area (Å²) in [5, 5.41) is 23.8. The van der Waals surface area contributed by atoms with Crippen molar-refractivity contribution >= 4 is 12.0 Å². The van der Waals surface area contributed by atoms with E-state index in [9.17, 15) is 14.7 Å². The first kappa shape index (κ1) is 25.3. The molecule has 0 unspecified atom stereocenters. The van der Waals surface area contributed by atoms with E-state index in [0.29, 0.717) is 19.4 Å². The van der Waals surface area contributed by atoms with Crippen LogP contribution in [0.25, 0.3) is 0 Å². The number of nitrogens with zero attached hydrogens (tertiary/aromatic N) is 1. The van der Waals surface area contributed by atoms with E-state index in [4.69, 9.17) is 10.8 Å². The second-order valence-electron chi connectivity index (χ2n) is 8.08. The molecule has 0 heterocycles.